The smallest absolute Gasteiger partial charge is 0.197 e. The zero-order valence-electron chi connectivity index (χ0n) is 11.7. The molecule has 2 aliphatic carbocycles. The van der Waals surface area contributed by atoms with Crippen molar-refractivity contribution in [1.82, 2.24) is 0 Å². The summed E-state index contributed by atoms with van der Waals surface area (Å²) in [5, 5.41) is 0. The van der Waals surface area contributed by atoms with E-state index in [-0.39, 0.29) is 11.6 Å². The van der Waals surface area contributed by atoms with Gasteiger partial charge in [-0.15, -0.1) is 0 Å². The van der Waals surface area contributed by atoms with Crippen molar-refractivity contribution in [2.75, 3.05) is 0 Å². The van der Waals surface area contributed by atoms with Gasteiger partial charge < -0.3 is 0 Å². The van der Waals surface area contributed by atoms with Crippen molar-refractivity contribution in [3.63, 3.8) is 0 Å². The second-order valence-electron chi connectivity index (χ2n) is 5.90. The summed E-state index contributed by atoms with van der Waals surface area (Å²) >= 11 is 0. The van der Waals surface area contributed by atoms with E-state index in [0.29, 0.717) is 16.7 Å². The van der Waals surface area contributed by atoms with Crippen LogP contribution in [0.4, 0.5) is 0 Å². The third kappa shape index (κ3) is 2.47. The Kier molecular flexibility index (Phi) is 3.81. The van der Waals surface area contributed by atoms with Crippen LogP contribution in [0.5, 0.6) is 0 Å². The Balaban J connectivity index is 1.67. The fraction of sp³-hybridized carbons (Fsp3) is 0.444. The van der Waals surface area contributed by atoms with E-state index in [9.17, 15) is 9.59 Å². The number of hydrogen-bond acceptors (Lipinski definition) is 2. The molecule has 1 saturated carbocycles. The van der Waals surface area contributed by atoms with Gasteiger partial charge in [-0.1, -0.05) is 62.4 Å². The number of Topliss-reactive ketones (excluding diaryl/α,β-unsaturated/α-hetero) is 2. The van der Waals surface area contributed by atoms with Crippen LogP contribution in [0.3, 0.4) is 0 Å². The minimum atomic E-state index is -0.0887. The van der Waals surface area contributed by atoms with Crippen molar-refractivity contribution in [2.45, 2.75) is 44.9 Å². The molecule has 20 heavy (non-hydrogen) atoms. The Labute approximate surface area is 119 Å². The maximum absolute atomic E-state index is 12.2. The van der Waals surface area contributed by atoms with Gasteiger partial charge in [-0.05, 0) is 18.8 Å². The first-order chi connectivity index (χ1) is 9.77. The average Bonchev–Trinajstić information content (AvgIpc) is 2.74. The van der Waals surface area contributed by atoms with Crippen molar-refractivity contribution in [3.05, 3.63) is 47.0 Å². The quantitative estimate of drug-likeness (QED) is 0.603. The number of rotatable bonds is 3. The average molecular weight is 268 g/mol. The predicted octanol–water partition coefficient (Wildman–Crippen LogP) is 4.35. The van der Waals surface area contributed by atoms with E-state index in [0.717, 1.165) is 18.8 Å². The first kappa shape index (κ1) is 13.3. The van der Waals surface area contributed by atoms with Crippen LogP contribution in [-0.2, 0) is 0 Å². The molecule has 0 saturated heterocycles. The van der Waals surface area contributed by atoms with Crippen LogP contribution in [0, 0.1) is 5.92 Å². The highest BCUT2D eigenvalue weighted by Gasteiger charge is 2.32. The van der Waals surface area contributed by atoms with E-state index in [1.165, 1.54) is 32.1 Å². The molecule has 0 bridgehead atoms. The van der Waals surface area contributed by atoms with E-state index < -0.39 is 0 Å². The van der Waals surface area contributed by atoms with E-state index >= 15 is 0 Å². The number of carbonyl (C=O) groups is 2. The largest absolute Gasteiger partial charge is 0.288 e. The molecule has 1 fully saturated rings. The van der Waals surface area contributed by atoms with Gasteiger partial charge in [0.05, 0.1) is 5.57 Å². The van der Waals surface area contributed by atoms with Crippen molar-refractivity contribution < 1.29 is 9.59 Å². The minimum absolute atomic E-state index is 0.0887. The molecule has 1 aromatic carbocycles. The van der Waals surface area contributed by atoms with Crippen LogP contribution >= 0.6 is 0 Å². The van der Waals surface area contributed by atoms with Crippen molar-refractivity contribution in [3.8, 4) is 0 Å². The molecular weight excluding hydrogens is 248 g/mol. The number of carbonyl (C=O) groups excluding carboxylic acids is 2. The molecule has 2 aliphatic rings. The Morgan fingerprint density at radius 2 is 1.55 bits per heavy atom. The molecule has 3 rings (SSSR count). The van der Waals surface area contributed by atoms with Gasteiger partial charge in [-0.3, -0.25) is 9.59 Å². The molecule has 2 nitrogen and oxygen atoms in total. The third-order valence-electron chi connectivity index (χ3n) is 4.55. The Bertz CT molecular complexity index is 526. The predicted molar refractivity (Wildman–Crippen MR) is 79.0 cm³/mol. The summed E-state index contributed by atoms with van der Waals surface area (Å²) in [6.07, 6.45) is 10.5. The first-order valence-corrected chi connectivity index (χ1v) is 7.66. The maximum Gasteiger partial charge on any atom is 0.197 e. The standard InChI is InChI=1S/C18H20O2/c19-17-14-10-4-5-11-15(14)18(20)16(17)12-6-9-13-7-2-1-3-8-13/h4-5,10-13H,1-3,6-9H2. The van der Waals surface area contributed by atoms with Gasteiger partial charge in [0.15, 0.2) is 11.6 Å². The molecule has 0 spiro atoms. The second kappa shape index (κ2) is 5.74. The molecule has 0 unspecified atom stereocenters. The van der Waals surface area contributed by atoms with Crippen LogP contribution < -0.4 is 0 Å². The monoisotopic (exact) mass is 268 g/mol. The molecule has 0 amide bonds. The van der Waals surface area contributed by atoms with Gasteiger partial charge in [0.2, 0.25) is 0 Å². The lowest BCUT2D eigenvalue weighted by molar-refractivity contribution is 0.0988. The summed E-state index contributed by atoms with van der Waals surface area (Å²) in [5.41, 5.74) is 1.53. The fourth-order valence-corrected chi connectivity index (χ4v) is 3.40. The molecule has 1 aromatic rings. The highest BCUT2D eigenvalue weighted by Crippen LogP contribution is 2.29. The molecule has 0 N–H and O–H groups in total. The topological polar surface area (TPSA) is 34.1 Å². The van der Waals surface area contributed by atoms with Crippen LogP contribution in [-0.4, -0.2) is 11.6 Å². The number of allylic oxidation sites excluding steroid dienone is 2. The number of benzene rings is 1. The highest BCUT2D eigenvalue weighted by atomic mass is 16.2. The lowest BCUT2D eigenvalue weighted by Gasteiger charge is -2.20. The Morgan fingerprint density at radius 1 is 0.950 bits per heavy atom. The lowest BCUT2D eigenvalue weighted by Crippen LogP contribution is -2.06. The van der Waals surface area contributed by atoms with Crippen molar-refractivity contribution >= 4 is 11.6 Å². The SMILES string of the molecule is O=C1C(=CCCC2CCCCC2)C(=O)c2ccccc21. The van der Waals surface area contributed by atoms with Crippen LogP contribution in [0.25, 0.3) is 0 Å². The number of hydrogen-bond donors (Lipinski definition) is 0. The lowest BCUT2D eigenvalue weighted by atomic mass is 9.86. The Hall–Kier alpha value is -1.70. The second-order valence-corrected chi connectivity index (χ2v) is 5.90. The van der Waals surface area contributed by atoms with E-state index in [1.54, 1.807) is 12.1 Å². The highest BCUT2D eigenvalue weighted by molar-refractivity contribution is 6.39. The van der Waals surface area contributed by atoms with E-state index in [4.69, 9.17) is 0 Å². The van der Waals surface area contributed by atoms with Gasteiger partial charge in [0.1, 0.15) is 0 Å². The van der Waals surface area contributed by atoms with Gasteiger partial charge in [-0.2, -0.15) is 0 Å². The van der Waals surface area contributed by atoms with Gasteiger partial charge >= 0.3 is 0 Å². The Morgan fingerprint density at radius 3 is 2.15 bits per heavy atom. The number of ketones is 2. The van der Waals surface area contributed by atoms with Crippen molar-refractivity contribution in [2.24, 2.45) is 5.92 Å². The van der Waals surface area contributed by atoms with Crippen LogP contribution in [0.2, 0.25) is 0 Å². The normalized spacial score (nSPS) is 19.3. The van der Waals surface area contributed by atoms with Gasteiger partial charge in [0, 0.05) is 11.1 Å². The van der Waals surface area contributed by atoms with Crippen molar-refractivity contribution in [1.29, 1.82) is 0 Å². The van der Waals surface area contributed by atoms with E-state index in [1.807, 2.05) is 18.2 Å². The maximum atomic E-state index is 12.2. The molecule has 104 valence electrons. The van der Waals surface area contributed by atoms with E-state index in [2.05, 4.69) is 0 Å². The minimum Gasteiger partial charge on any atom is -0.288 e. The molecule has 0 aromatic heterocycles. The van der Waals surface area contributed by atoms with Crippen LogP contribution in [0.15, 0.2) is 35.9 Å². The molecule has 2 heteroatoms. The van der Waals surface area contributed by atoms with Gasteiger partial charge in [-0.25, -0.2) is 0 Å². The zero-order chi connectivity index (χ0) is 13.9. The molecule has 0 radical (unpaired) electrons. The summed E-state index contributed by atoms with van der Waals surface area (Å²) < 4.78 is 0. The summed E-state index contributed by atoms with van der Waals surface area (Å²) in [6, 6.07) is 7.12. The summed E-state index contributed by atoms with van der Waals surface area (Å²) in [4.78, 5) is 24.4. The fourth-order valence-electron chi connectivity index (χ4n) is 3.40. The summed E-state index contributed by atoms with van der Waals surface area (Å²) in [5.74, 6) is 0.609. The third-order valence-corrected chi connectivity index (χ3v) is 4.55. The molecule has 0 atom stereocenters. The first-order valence-electron chi connectivity index (χ1n) is 7.66. The number of fused-ring (bicyclic) bond motifs is 1. The molecular formula is C18H20O2. The summed E-state index contributed by atoms with van der Waals surface area (Å²) in [6.45, 7) is 0. The van der Waals surface area contributed by atoms with Crippen LogP contribution in [0.1, 0.15) is 65.7 Å². The zero-order valence-corrected chi connectivity index (χ0v) is 11.7. The summed E-state index contributed by atoms with van der Waals surface area (Å²) in [7, 11) is 0. The van der Waals surface area contributed by atoms with Gasteiger partial charge in [0.25, 0.3) is 0 Å². The molecule has 0 aliphatic heterocycles. The molecule has 0 heterocycles.